The third-order valence-corrected chi connectivity index (χ3v) is 8.55. The zero-order valence-corrected chi connectivity index (χ0v) is 22.5. The van der Waals surface area contributed by atoms with Gasteiger partial charge in [-0.05, 0) is 65.8 Å². The average Bonchev–Trinajstić information content (AvgIpc) is 3.18. The minimum atomic E-state index is -0.794. The third-order valence-electron chi connectivity index (χ3n) is 8.55. The van der Waals surface area contributed by atoms with E-state index in [0.717, 1.165) is 29.7 Å². The fraction of sp³-hybridized carbons (Fsp3) is 0.533. The van der Waals surface area contributed by atoms with Crippen LogP contribution in [0.15, 0.2) is 24.3 Å². The molecule has 7 nitrogen and oxygen atoms in total. The highest BCUT2D eigenvalue weighted by Gasteiger charge is 2.43. The molecule has 1 saturated carbocycles. The largest absolute Gasteiger partial charge is 0.481 e. The van der Waals surface area contributed by atoms with Crippen molar-refractivity contribution in [2.24, 2.45) is 11.8 Å². The normalized spacial score (nSPS) is 23.2. The molecular weight excluding hydrogens is 487 g/mol. The summed E-state index contributed by atoms with van der Waals surface area (Å²) in [7, 11) is 2.91. The molecular formula is C30H35FN2O5. The van der Waals surface area contributed by atoms with Gasteiger partial charge in [0.05, 0.1) is 19.9 Å². The number of carbonyl (C=O) groups is 3. The number of hydrogen-bond donors (Lipinski definition) is 0. The van der Waals surface area contributed by atoms with E-state index < -0.39 is 6.04 Å². The van der Waals surface area contributed by atoms with Crippen molar-refractivity contribution in [3.63, 3.8) is 0 Å². The Morgan fingerprint density at radius 3 is 2.61 bits per heavy atom. The van der Waals surface area contributed by atoms with Crippen LogP contribution in [0, 0.1) is 17.7 Å². The number of esters is 1. The van der Waals surface area contributed by atoms with Crippen LogP contribution < -0.4 is 4.74 Å². The van der Waals surface area contributed by atoms with Crippen LogP contribution in [0.4, 0.5) is 4.39 Å². The molecule has 1 aromatic heterocycles. The van der Waals surface area contributed by atoms with E-state index in [9.17, 15) is 14.4 Å². The smallest absolute Gasteiger partial charge is 0.305 e. The second-order valence-corrected chi connectivity index (χ2v) is 11.5. The van der Waals surface area contributed by atoms with Gasteiger partial charge in [-0.2, -0.15) is 0 Å². The van der Waals surface area contributed by atoms with Gasteiger partial charge in [-0.1, -0.05) is 19.9 Å². The summed E-state index contributed by atoms with van der Waals surface area (Å²) in [6.07, 6.45) is 3.71. The molecule has 0 spiro atoms. The Balaban J connectivity index is 1.40. The number of pyridine rings is 1. The maximum absolute atomic E-state index is 15.1. The second kappa shape index (κ2) is 10.1. The van der Waals surface area contributed by atoms with Crippen molar-refractivity contribution in [1.29, 1.82) is 0 Å². The van der Waals surface area contributed by atoms with Gasteiger partial charge >= 0.3 is 5.97 Å². The highest BCUT2D eigenvalue weighted by Crippen LogP contribution is 2.42. The Morgan fingerprint density at radius 1 is 1.13 bits per heavy atom. The van der Waals surface area contributed by atoms with E-state index in [4.69, 9.17) is 9.47 Å². The fourth-order valence-electron chi connectivity index (χ4n) is 6.47. The average molecular weight is 523 g/mol. The molecule has 8 heteroatoms. The van der Waals surface area contributed by atoms with E-state index in [1.54, 1.807) is 18.1 Å². The third kappa shape index (κ3) is 4.81. The van der Waals surface area contributed by atoms with Gasteiger partial charge in [0.1, 0.15) is 11.9 Å². The van der Waals surface area contributed by atoms with Crippen LogP contribution in [-0.4, -0.2) is 48.3 Å². The summed E-state index contributed by atoms with van der Waals surface area (Å²) < 4.78 is 25.2. The molecule has 0 saturated heterocycles. The second-order valence-electron chi connectivity index (χ2n) is 11.5. The van der Waals surface area contributed by atoms with E-state index in [2.05, 4.69) is 4.98 Å². The Labute approximate surface area is 222 Å². The summed E-state index contributed by atoms with van der Waals surface area (Å²) in [6.45, 7) is 4.46. The maximum atomic E-state index is 15.1. The van der Waals surface area contributed by atoms with E-state index in [1.807, 2.05) is 26.0 Å². The van der Waals surface area contributed by atoms with Crippen molar-refractivity contribution < 1.29 is 28.2 Å². The number of amides is 1. The monoisotopic (exact) mass is 522 g/mol. The molecule has 2 aromatic rings. The molecule has 1 unspecified atom stereocenters. The maximum Gasteiger partial charge on any atom is 0.305 e. The molecule has 38 heavy (non-hydrogen) atoms. The molecule has 1 fully saturated rings. The first-order valence-electron chi connectivity index (χ1n) is 13.4. The number of methoxy groups -OCH3 is 2. The summed E-state index contributed by atoms with van der Waals surface area (Å²) in [6, 6.07) is 6.17. The molecule has 1 amide bonds. The molecule has 3 aliphatic rings. The lowest BCUT2D eigenvalue weighted by Crippen LogP contribution is -2.49. The summed E-state index contributed by atoms with van der Waals surface area (Å²) in [5.74, 6) is -0.420. The lowest BCUT2D eigenvalue weighted by molar-refractivity contribution is -0.150. The lowest BCUT2D eigenvalue weighted by Gasteiger charge is -2.42. The minimum Gasteiger partial charge on any atom is -0.481 e. The standard InChI is InChI=1S/C30H35FN2O5/c1-30(2)9-7-19-11-18(14-22(31)27(19)30)15-24(34)28-21-5-6-25(37-3)32-23(21)8-10-33(28)29(36)20-12-17(13-20)16-26(35)38-4/h5-6,11,14,17,20,28H,7-10,12-13,15-16H2,1-4H3. The Hall–Kier alpha value is -3.29. The van der Waals surface area contributed by atoms with Crippen molar-refractivity contribution in [3.05, 3.63) is 58.0 Å². The topological polar surface area (TPSA) is 85.8 Å². The van der Waals surface area contributed by atoms with Gasteiger partial charge < -0.3 is 14.4 Å². The highest BCUT2D eigenvalue weighted by molar-refractivity contribution is 5.93. The summed E-state index contributed by atoms with van der Waals surface area (Å²) in [4.78, 5) is 45.3. The first-order chi connectivity index (χ1) is 18.1. The van der Waals surface area contributed by atoms with Crippen LogP contribution in [0.5, 0.6) is 5.88 Å². The van der Waals surface area contributed by atoms with Gasteiger partial charge in [0.15, 0.2) is 5.78 Å². The predicted octanol–water partition coefficient (Wildman–Crippen LogP) is 4.28. The number of rotatable bonds is 7. The number of aryl methyl sites for hydroxylation is 1. The van der Waals surface area contributed by atoms with E-state index >= 15 is 4.39 Å². The van der Waals surface area contributed by atoms with E-state index in [-0.39, 0.29) is 47.1 Å². The SMILES string of the molecule is COC(=O)CC1CC(C(=O)N2CCc3nc(OC)ccc3C2C(=O)Cc2cc(F)c3c(c2)CCC3(C)C)C1. The Kier molecular flexibility index (Phi) is 7.01. The Bertz CT molecular complexity index is 1280. The molecule has 202 valence electrons. The number of hydrogen-bond acceptors (Lipinski definition) is 6. The fourth-order valence-corrected chi connectivity index (χ4v) is 6.47. The van der Waals surface area contributed by atoms with Gasteiger partial charge in [-0.25, -0.2) is 9.37 Å². The van der Waals surface area contributed by atoms with Crippen molar-refractivity contribution in [2.75, 3.05) is 20.8 Å². The lowest BCUT2D eigenvalue weighted by atomic mass is 9.72. The number of nitrogens with zero attached hydrogens (tertiary/aromatic N) is 2. The van der Waals surface area contributed by atoms with Gasteiger partial charge in [0, 0.05) is 43.4 Å². The van der Waals surface area contributed by atoms with Gasteiger partial charge in [0.2, 0.25) is 11.8 Å². The number of ether oxygens (including phenoxy) is 2. The summed E-state index contributed by atoms with van der Waals surface area (Å²) >= 11 is 0. The molecule has 0 radical (unpaired) electrons. The number of carbonyl (C=O) groups excluding carboxylic acids is 3. The molecule has 1 aliphatic heterocycles. The first kappa shape index (κ1) is 26.3. The molecule has 0 bridgehead atoms. The van der Waals surface area contributed by atoms with Crippen LogP contribution in [0.1, 0.15) is 73.5 Å². The first-order valence-corrected chi connectivity index (χ1v) is 13.4. The van der Waals surface area contributed by atoms with E-state index in [0.29, 0.717) is 49.2 Å². The van der Waals surface area contributed by atoms with Crippen LogP contribution in [0.3, 0.4) is 0 Å². The van der Waals surface area contributed by atoms with Crippen LogP contribution >= 0.6 is 0 Å². The number of benzene rings is 1. The Morgan fingerprint density at radius 2 is 1.89 bits per heavy atom. The number of Topliss-reactive ketones (excluding diaryl/α,β-unsaturated/α-hetero) is 1. The number of aromatic nitrogens is 1. The highest BCUT2D eigenvalue weighted by atomic mass is 19.1. The zero-order valence-electron chi connectivity index (χ0n) is 22.5. The van der Waals surface area contributed by atoms with Crippen molar-refractivity contribution >= 4 is 17.7 Å². The summed E-state index contributed by atoms with van der Waals surface area (Å²) in [5, 5.41) is 0. The van der Waals surface area contributed by atoms with Gasteiger partial charge in [0.25, 0.3) is 0 Å². The van der Waals surface area contributed by atoms with Gasteiger partial charge in [-0.3, -0.25) is 14.4 Å². The van der Waals surface area contributed by atoms with Crippen LogP contribution in [0.2, 0.25) is 0 Å². The molecule has 1 aromatic carbocycles. The predicted molar refractivity (Wildman–Crippen MR) is 138 cm³/mol. The summed E-state index contributed by atoms with van der Waals surface area (Å²) in [5.41, 5.74) is 3.57. The van der Waals surface area contributed by atoms with Crippen molar-refractivity contribution in [3.8, 4) is 5.88 Å². The van der Waals surface area contributed by atoms with E-state index in [1.165, 1.54) is 13.2 Å². The van der Waals surface area contributed by atoms with Crippen molar-refractivity contribution in [1.82, 2.24) is 9.88 Å². The molecule has 2 heterocycles. The van der Waals surface area contributed by atoms with Gasteiger partial charge in [-0.15, -0.1) is 0 Å². The number of fused-ring (bicyclic) bond motifs is 2. The molecule has 0 N–H and O–H groups in total. The minimum absolute atomic E-state index is 0.0280. The molecule has 1 atom stereocenters. The molecule has 2 aliphatic carbocycles. The number of ketones is 1. The molecule has 5 rings (SSSR count). The quantitative estimate of drug-likeness (QED) is 0.505. The van der Waals surface area contributed by atoms with Crippen LogP contribution in [-0.2, 0) is 43.8 Å². The van der Waals surface area contributed by atoms with Crippen LogP contribution in [0.25, 0.3) is 0 Å². The van der Waals surface area contributed by atoms with Crippen molar-refractivity contribution in [2.45, 2.75) is 70.3 Å². The zero-order chi connectivity index (χ0) is 27.2. The number of halogens is 1.